The first-order valence-corrected chi connectivity index (χ1v) is 11.7. The number of anilines is 1. The van der Waals surface area contributed by atoms with E-state index >= 15 is 0 Å². The molecule has 1 N–H and O–H groups in total. The molecule has 1 saturated heterocycles. The van der Waals surface area contributed by atoms with Crippen LogP contribution in [0.1, 0.15) is 18.5 Å². The van der Waals surface area contributed by atoms with E-state index in [4.69, 9.17) is 9.72 Å². The van der Waals surface area contributed by atoms with Gasteiger partial charge in [0.25, 0.3) is 0 Å². The van der Waals surface area contributed by atoms with Crippen molar-refractivity contribution in [3.8, 4) is 16.3 Å². The monoisotopic (exact) mass is 485 g/mol. The first-order valence-electron chi connectivity index (χ1n) is 9.99. The average Bonchev–Trinajstić information content (AvgIpc) is 3.23. The van der Waals surface area contributed by atoms with Crippen molar-refractivity contribution in [3.63, 3.8) is 0 Å². The smallest absolute Gasteiger partial charge is 0.227 e. The van der Waals surface area contributed by atoms with Gasteiger partial charge < -0.3 is 10.1 Å². The highest BCUT2D eigenvalue weighted by atomic mass is 79.9. The fourth-order valence-electron chi connectivity index (χ4n) is 3.70. The Bertz CT molecular complexity index is 1000. The lowest BCUT2D eigenvalue weighted by Gasteiger charge is -2.30. The summed E-state index contributed by atoms with van der Waals surface area (Å²) >= 11 is 5.16. The number of hydrogen-bond acceptors (Lipinski definition) is 5. The molecule has 7 heteroatoms. The van der Waals surface area contributed by atoms with Crippen LogP contribution in [0.4, 0.5) is 5.69 Å². The van der Waals surface area contributed by atoms with Crippen molar-refractivity contribution in [2.24, 2.45) is 5.92 Å². The van der Waals surface area contributed by atoms with Crippen molar-refractivity contribution in [2.75, 3.05) is 25.5 Å². The van der Waals surface area contributed by atoms with Crippen LogP contribution in [0, 0.1) is 5.92 Å². The Morgan fingerprint density at radius 1 is 1.23 bits per heavy atom. The van der Waals surface area contributed by atoms with Crippen LogP contribution in [0.25, 0.3) is 10.6 Å². The number of likely N-dealkylation sites (tertiary alicyclic amines) is 1. The quantitative estimate of drug-likeness (QED) is 0.505. The predicted octanol–water partition coefficient (Wildman–Crippen LogP) is 5.43. The van der Waals surface area contributed by atoms with Gasteiger partial charge in [0.05, 0.1) is 18.4 Å². The minimum atomic E-state index is 0.0679. The molecular weight excluding hydrogens is 462 g/mol. The number of hydrogen-bond donors (Lipinski definition) is 1. The number of nitrogens with one attached hydrogen (secondary N) is 1. The molecule has 0 spiro atoms. The summed E-state index contributed by atoms with van der Waals surface area (Å²) in [5.41, 5.74) is 2.92. The summed E-state index contributed by atoms with van der Waals surface area (Å²) < 4.78 is 6.49. The minimum absolute atomic E-state index is 0.0679. The number of carbonyl (C=O) groups is 1. The maximum Gasteiger partial charge on any atom is 0.227 e. The van der Waals surface area contributed by atoms with Gasteiger partial charge in [-0.15, -0.1) is 11.3 Å². The Morgan fingerprint density at radius 3 is 2.73 bits per heavy atom. The van der Waals surface area contributed by atoms with E-state index in [0.29, 0.717) is 0 Å². The van der Waals surface area contributed by atoms with E-state index in [1.807, 2.05) is 48.5 Å². The maximum absolute atomic E-state index is 12.5. The summed E-state index contributed by atoms with van der Waals surface area (Å²) in [4.78, 5) is 19.7. The van der Waals surface area contributed by atoms with Crippen LogP contribution in [-0.4, -0.2) is 36.0 Å². The van der Waals surface area contributed by atoms with E-state index in [1.165, 1.54) is 0 Å². The molecule has 2 heterocycles. The second-order valence-electron chi connectivity index (χ2n) is 7.39. The summed E-state index contributed by atoms with van der Waals surface area (Å²) in [7, 11) is 1.68. The molecule has 30 heavy (non-hydrogen) atoms. The molecule has 4 rings (SSSR count). The summed E-state index contributed by atoms with van der Waals surface area (Å²) in [6.45, 7) is 2.61. The number of ether oxygens (including phenoxy) is 1. The number of nitrogens with zero attached hydrogens (tertiary/aromatic N) is 2. The first-order chi connectivity index (χ1) is 14.6. The van der Waals surface area contributed by atoms with Crippen molar-refractivity contribution in [1.82, 2.24) is 9.88 Å². The number of methoxy groups -OCH3 is 1. The third kappa shape index (κ3) is 5.09. The molecule has 1 amide bonds. The van der Waals surface area contributed by atoms with Gasteiger partial charge in [0.15, 0.2) is 0 Å². The topological polar surface area (TPSA) is 54.5 Å². The van der Waals surface area contributed by atoms with Gasteiger partial charge in [-0.3, -0.25) is 9.69 Å². The van der Waals surface area contributed by atoms with Gasteiger partial charge in [0.2, 0.25) is 5.91 Å². The Labute approximate surface area is 189 Å². The van der Waals surface area contributed by atoms with Crippen LogP contribution in [-0.2, 0) is 11.3 Å². The molecule has 2 aromatic carbocycles. The Morgan fingerprint density at radius 2 is 2.00 bits per heavy atom. The van der Waals surface area contributed by atoms with E-state index in [-0.39, 0.29) is 11.8 Å². The van der Waals surface area contributed by atoms with Crippen molar-refractivity contribution < 1.29 is 9.53 Å². The van der Waals surface area contributed by atoms with E-state index < -0.39 is 0 Å². The molecule has 1 aliphatic rings. The molecule has 0 radical (unpaired) electrons. The summed E-state index contributed by atoms with van der Waals surface area (Å²) in [6.07, 6.45) is 1.74. The highest BCUT2D eigenvalue weighted by Crippen LogP contribution is 2.35. The SMILES string of the molecule is COc1ccc(Br)cc1-c1nc(CN2CCC(C(=O)Nc3ccccc3)CC2)cs1. The van der Waals surface area contributed by atoms with Crippen LogP contribution in [0.15, 0.2) is 58.4 Å². The number of halogens is 1. The first kappa shape index (κ1) is 21.0. The van der Waals surface area contributed by atoms with E-state index in [0.717, 1.165) is 64.7 Å². The normalized spacial score (nSPS) is 15.1. The molecule has 0 saturated carbocycles. The zero-order valence-corrected chi connectivity index (χ0v) is 19.2. The number of benzene rings is 2. The fourth-order valence-corrected chi connectivity index (χ4v) is 4.89. The third-order valence-corrected chi connectivity index (χ3v) is 6.75. The number of para-hydroxylation sites is 1. The van der Waals surface area contributed by atoms with E-state index in [9.17, 15) is 4.79 Å². The molecule has 3 aromatic rings. The molecule has 1 aromatic heterocycles. The standard InChI is InChI=1S/C23H24BrN3O2S/c1-29-21-8-7-17(24)13-20(21)23-26-19(15-30-23)14-27-11-9-16(10-12-27)22(28)25-18-5-3-2-4-6-18/h2-8,13,15-16H,9-12,14H2,1H3,(H,25,28). The van der Waals surface area contributed by atoms with Gasteiger partial charge in [-0.25, -0.2) is 4.98 Å². The Balaban J connectivity index is 1.33. The summed E-state index contributed by atoms with van der Waals surface area (Å²) in [5, 5.41) is 6.10. The van der Waals surface area contributed by atoms with Gasteiger partial charge in [0.1, 0.15) is 10.8 Å². The molecule has 0 unspecified atom stereocenters. The molecule has 0 aliphatic carbocycles. The van der Waals surface area contributed by atoms with Gasteiger partial charge in [-0.05, 0) is 56.3 Å². The van der Waals surface area contributed by atoms with Gasteiger partial charge in [-0.1, -0.05) is 34.1 Å². The number of thiazole rings is 1. The largest absolute Gasteiger partial charge is 0.496 e. The number of piperidine rings is 1. The molecule has 1 aliphatic heterocycles. The van der Waals surface area contributed by atoms with E-state index in [1.54, 1.807) is 18.4 Å². The number of rotatable bonds is 6. The minimum Gasteiger partial charge on any atom is -0.496 e. The molecular formula is C23H24BrN3O2S. The molecule has 0 atom stereocenters. The zero-order chi connectivity index (χ0) is 20.9. The van der Waals surface area contributed by atoms with Crippen molar-refractivity contribution >= 4 is 38.9 Å². The Kier molecular flexibility index (Phi) is 6.82. The second-order valence-corrected chi connectivity index (χ2v) is 9.17. The van der Waals surface area contributed by atoms with Crippen LogP contribution in [0.2, 0.25) is 0 Å². The fraction of sp³-hybridized carbons (Fsp3) is 0.304. The highest BCUT2D eigenvalue weighted by Gasteiger charge is 2.25. The highest BCUT2D eigenvalue weighted by molar-refractivity contribution is 9.10. The summed E-state index contributed by atoms with van der Waals surface area (Å²) in [5.74, 6) is 1.02. The lowest BCUT2D eigenvalue weighted by atomic mass is 9.95. The number of amides is 1. The van der Waals surface area contributed by atoms with Crippen molar-refractivity contribution in [3.05, 3.63) is 64.1 Å². The van der Waals surface area contributed by atoms with Crippen LogP contribution in [0.5, 0.6) is 5.75 Å². The molecule has 156 valence electrons. The van der Waals surface area contributed by atoms with E-state index in [2.05, 4.69) is 31.5 Å². The van der Waals surface area contributed by atoms with Crippen molar-refractivity contribution in [2.45, 2.75) is 19.4 Å². The molecule has 1 fully saturated rings. The van der Waals surface area contributed by atoms with Crippen molar-refractivity contribution in [1.29, 1.82) is 0 Å². The maximum atomic E-state index is 12.5. The van der Waals surface area contributed by atoms with Crippen LogP contribution < -0.4 is 10.1 Å². The zero-order valence-electron chi connectivity index (χ0n) is 16.8. The summed E-state index contributed by atoms with van der Waals surface area (Å²) in [6, 6.07) is 15.6. The molecule has 5 nitrogen and oxygen atoms in total. The Hall–Kier alpha value is -2.22. The average molecular weight is 486 g/mol. The lowest BCUT2D eigenvalue weighted by molar-refractivity contribution is -0.121. The molecule has 0 bridgehead atoms. The lowest BCUT2D eigenvalue weighted by Crippen LogP contribution is -2.37. The van der Waals surface area contributed by atoms with Gasteiger partial charge in [0, 0.05) is 28.0 Å². The van der Waals surface area contributed by atoms with Gasteiger partial charge in [-0.2, -0.15) is 0 Å². The van der Waals surface area contributed by atoms with Crippen LogP contribution >= 0.6 is 27.3 Å². The van der Waals surface area contributed by atoms with Crippen LogP contribution in [0.3, 0.4) is 0 Å². The predicted molar refractivity (Wildman–Crippen MR) is 125 cm³/mol. The number of aromatic nitrogens is 1. The third-order valence-electron chi connectivity index (χ3n) is 5.33. The second kappa shape index (κ2) is 9.73. The van der Waals surface area contributed by atoms with Gasteiger partial charge >= 0.3 is 0 Å². The number of carbonyl (C=O) groups excluding carboxylic acids is 1.